The highest BCUT2D eigenvalue weighted by atomic mass is 16.3. The molecule has 0 fully saturated rings. The fourth-order valence-electron chi connectivity index (χ4n) is 2.55. The van der Waals surface area contributed by atoms with E-state index in [1.54, 1.807) is 18.2 Å². The van der Waals surface area contributed by atoms with Crippen LogP contribution in [0.1, 0.15) is 19.7 Å². The Balaban J connectivity index is 1.74. The van der Waals surface area contributed by atoms with Crippen molar-refractivity contribution in [2.45, 2.75) is 13.7 Å². The lowest BCUT2D eigenvalue weighted by Gasteiger charge is -2.06. The van der Waals surface area contributed by atoms with Gasteiger partial charge in [0.05, 0.1) is 5.69 Å². The van der Waals surface area contributed by atoms with Crippen LogP contribution in [0.2, 0.25) is 0 Å². The summed E-state index contributed by atoms with van der Waals surface area (Å²) in [5.41, 5.74) is 4.13. The molecule has 4 rings (SSSR count). The summed E-state index contributed by atoms with van der Waals surface area (Å²) >= 11 is 0. The third-order valence-electron chi connectivity index (χ3n) is 3.64. The summed E-state index contributed by atoms with van der Waals surface area (Å²) in [4.78, 5) is 8.38. The van der Waals surface area contributed by atoms with Crippen LogP contribution in [0.3, 0.4) is 0 Å². The topological polar surface area (TPSA) is 38.9 Å². The van der Waals surface area contributed by atoms with Crippen LogP contribution in [-0.2, 0) is 0 Å². The van der Waals surface area contributed by atoms with E-state index >= 15 is 0 Å². The molecule has 0 atom stereocenters. The molecule has 0 spiro atoms. The Morgan fingerprint density at radius 1 is 0.913 bits per heavy atom. The van der Waals surface area contributed by atoms with E-state index < -0.39 is 13.7 Å². The number of aromatic nitrogens is 2. The number of hydrogen-bond donors (Lipinski definition) is 0. The highest BCUT2D eigenvalue weighted by Crippen LogP contribution is 2.28. The van der Waals surface area contributed by atoms with Crippen molar-refractivity contribution in [3.8, 4) is 22.4 Å². The van der Waals surface area contributed by atoms with Crippen LogP contribution in [0.4, 0.5) is 0 Å². The van der Waals surface area contributed by atoms with Gasteiger partial charge in [0.25, 0.3) is 0 Å². The zero-order valence-electron chi connectivity index (χ0n) is 18.1. The molecule has 0 aliphatic rings. The standard InChI is InChI=1S/C20H16N2O/c1-13-8-9-21-18(10-13)17-5-3-4-15(11-17)16-6-7-20-19(12-16)22-14(2)23-20/h3-12H,1-2H3/i1D3,2D3. The van der Waals surface area contributed by atoms with Crippen molar-refractivity contribution in [2.24, 2.45) is 0 Å². The van der Waals surface area contributed by atoms with E-state index in [2.05, 4.69) is 9.97 Å². The molecular weight excluding hydrogens is 284 g/mol. The molecule has 3 heteroatoms. The summed E-state index contributed by atoms with van der Waals surface area (Å²) in [6.45, 7) is -4.60. The first-order valence-corrected chi connectivity index (χ1v) is 7.10. The van der Waals surface area contributed by atoms with Gasteiger partial charge in [-0.25, -0.2) is 4.98 Å². The normalized spacial score (nSPS) is 16.0. The number of aryl methyl sites for hydroxylation is 2. The molecular formula is C20H16N2O. The zero-order chi connectivity index (χ0) is 20.8. The van der Waals surface area contributed by atoms with Crippen molar-refractivity contribution in [1.29, 1.82) is 0 Å². The monoisotopic (exact) mass is 306 g/mol. The molecule has 2 aromatic heterocycles. The van der Waals surface area contributed by atoms with E-state index in [0.717, 1.165) is 16.7 Å². The van der Waals surface area contributed by atoms with Crippen LogP contribution in [0.25, 0.3) is 33.5 Å². The number of oxazole rings is 1. The highest BCUT2D eigenvalue weighted by molar-refractivity contribution is 5.81. The van der Waals surface area contributed by atoms with Crippen LogP contribution in [0, 0.1) is 13.7 Å². The minimum atomic E-state index is -2.40. The minimum absolute atomic E-state index is 0.231. The first-order chi connectivity index (χ1) is 13.6. The smallest absolute Gasteiger partial charge is 0.192 e. The molecule has 0 radical (unpaired) electrons. The number of fused-ring (bicyclic) bond motifs is 1. The summed E-state index contributed by atoms with van der Waals surface area (Å²) in [6.07, 6.45) is 1.49. The van der Waals surface area contributed by atoms with Crippen LogP contribution < -0.4 is 0 Å². The summed E-state index contributed by atoms with van der Waals surface area (Å²) in [6, 6.07) is 15.8. The van der Waals surface area contributed by atoms with Gasteiger partial charge in [-0.1, -0.05) is 24.3 Å². The van der Waals surface area contributed by atoms with Crippen molar-refractivity contribution in [1.82, 2.24) is 9.97 Å². The van der Waals surface area contributed by atoms with Gasteiger partial charge in [0.1, 0.15) is 5.52 Å². The predicted molar refractivity (Wildman–Crippen MR) is 92.2 cm³/mol. The Bertz CT molecular complexity index is 1190. The Hall–Kier alpha value is -2.94. The average Bonchev–Trinajstić information content (AvgIpc) is 3.11. The molecule has 0 aliphatic heterocycles. The van der Waals surface area contributed by atoms with Gasteiger partial charge >= 0.3 is 0 Å². The van der Waals surface area contributed by atoms with E-state index in [-0.39, 0.29) is 11.5 Å². The highest BCUT2D eigenvalue weighted by Gasteiger charge is 2.06. The van der Waals surface area contributed by atoms with Crippen LogP contribution >= 0.6 is 0 Å². The number of benzene rings is 2. The maximum Gasteiger partial charge on any atom is 0.192 e. The van der Waals surface area contributed by atoms with Crippen LogP contribution in [0.15, 0.2) is 65.2 Å². The van der Waals surface area contributed by atoms with Crippen molar-refractivity contribution < 1.29 is 12.6 Å². The average molecular weight is 306 g/mol. The molecule has 23 heavy (non-hydrogen) atoms. The van der Waals surface area contributed by atoms with Gasteiger partial charge in [-0.15, -0.1) is 0 Å². The predicted octanol–water partition coefficient (Wildman–Crippen LogP) is 5.17. The summed E-state index contributed by atoms with van der Waals surface area (Å²) < 4.78 is 50.4. The van der Waals surface area contributed by atoms with E-state index in [1.807, 2.05) is 30.3 Å². The first kappa shape index (κ1) is 8.63. The molecule has 0 bridgehead atoms. The van der Waals surface area contributed by atoms with E-state index in [1.165, 1.54) is 12.3 Å². The number of hydrogen-bond acceptors (Lipinski definition) is 3. The van der Waals surface area contributed by atoms with Gasteiger partial charge in [-0.2, -0.15) is 0 Å². The maximum atomic E-state index is 7.58. The van der Waals surface area contributed by atoms with E-state index in [0.29, 0.717) is 16.8 Å². The molecule has 4 aromatic rings. The SMILES string of the molecule is [2H]C([2H])([2H])c1ccnc(-c2cccc(-c3ccc4oc(C([2H])([2H])[2H])nc4c3)c2)c1. The molecule has 0 amide bonds. The molecule has 0 N–H and O–H groups in total. The van der Waals surface area contributed by atoms with Gasteiger partial charge < -0.3 is 4.42 Å². The summed E-state index contributed by atoms with van der Waals surface area (Å²) in [5.74, 6) is -0.288. The maximum absolute atomic E-state index is 7.58. The lowest BCUT2D eigenvalue weighted by molar-refractivity contribution is 0.561. The second-order valence-electron chi connectivity index (χ2n) is 5.21. The fraction of sp³-hybridized carbons (Fsp3) is 0.100. The van der Waals surface area contributed by atoms with Gasteiger partial charge in [-0.3, -0.25) is 4.98 Å². The fourth-order valence-corrected chi connectivity index (χ4v) is 2.55. The third-order valence-corrected chi connectivity index (χ3v) is 3.64. The second kappa shape index (κ2) is 5.36. The summed E-state index contributed by atoms with van der Waals surface area (Å²) in [5, 5.41) is 0. The van der Waals surface area contributed by atoms with Gasteiger partial charge in [0, 0.05) is 26.8 Å². The largest absolute Gasteiger partial charge is 0.441 e. The Kier molecular flexibility index (Phi) is 2.01. The first-order valence-electron chi connectivity index (χ1n) is 10.1. The van der Waals surface area contributed by atoms with Crippen LogP contribution in [-0.4, -0.2) is 9.97 Å². The van der Waals surface area contributed by atoms with Gasteiger partial charge in [0.15, 0.2) is 11.5 Å². The number of pyridine rings is 1. The molecule has 3 nitrogen and oxygen atoms in total. The third kappa shape index (κ3) is 2.61. The Morgan fingerprint density at radius 3 is 2.74 bits per heavy atom. The van der Waals surface area contributed by atoms with Gasteiger partial charge in [-0.05, 0) is 53.9 Å². The lowest BCUT2D eigenvalue weighted by atomic mass is 10.0. The molecule has 0 saturated heterocycles. The molecule has 2 aromatic carbocycles. The number of rotatable bonds is 2. The molecule has 0 unspecified atom stereocenters. The van der Waals surface area contributed by atoms with Crippen molar-refractivity contribution >= 4 is 11.1 Å². The molecule has 112 valence electrons. The zero-order valence-corrected chi connectivity index (χ0v) is 12.1. The molecule has 0 saturated carbocycles. The van der Waals surface area contributed by atoms with Crippen LogP contribution in [0.5, 0.6) is 0 Å². The van der Waals surface area contributed by atoms with Crippen molar-refractivity contribution in [3.63, 3.8) is 0 Å². The molecule has 2 heterocycles. The minimum Gasteiger partial charge on any atom is -0.441 e. The van der Waals surface area contributed by atoms with Crippen molar-refractivity contribution in [2.75, 3.05) is 0 Å². The van der Waals surface area contributed by atoms with Crippen molar-refractivity contribution in [3.05, 3.63) is 72.2 Å². The van der Waals surface area contributed by atoms with E-state index in [4.69, 9.17) is 12.6 Å². The summed E-state index contributed by atoms with van der Waals surface area (Å²) in [7, 11) is 0. The number of nitrogens with zero attached hydrogens (tertiary/aromatic N) is 2. The Morgan fingerprint density at radius 2 is 1.83 bits per heavy atom. The lowest BCUT2D eigenvalue weighted by Crippen LogP contribution is -1.85. The quantitative estimate of drug-likeness (QED) is 0.512. The van der Waals surface area contributed by atoms with Gasteiger partial charge in [0.2, 0.25) is 0 Å². The second-order valence-corrected chi connectivity index (χ2v) is 5.21. The van der Waals surface area contributed by atoms with E-state index in [9.17, 15) is 0 Å². The molecule has 0 aliphatic carbocycles. The Labute approximate surface area is 143 Å².